The van der Waals surface area contributed by atoms with Gasteiger partial charge in [0.25, 0.3) is 0 Å². The number of hydrogen-bond donors (Lipinski definition) is 0. The average Bonchev–Trinajstić information content (AvgIpc) is 3.29. The van der Waals surface area contributed by atoms with Gasteiger partial charge in [-0.2, -0.15) is 0 Å². The van der Waals surface area contributed by atoms with Gasteiger partial charge in [0, 0.05) is 11.1 Å². The normalized spacial score (nSPS) is 11.5. The van der Waals surface area contributed by atoms with E-state index in [2.05, 4.69) is 5.16 Å². The number of hydrogen-bond acceptors (Lipinski definition) is 9. The van der Waals surface area contributed by atoms with Crippen LogP contribution in [0, 0.1) is 5.92 Å². The van der Waals surface area contributed by atoms with Crippen LogP contribution in [0.5, 0.6) is 5.75 Å². The second-order valence-corrected chi connectivity index (χ2v) is 10.0. The van der Waals surface area contributed by atoms with Gasteiger partial charge in [0.15, 0.2) is 5.92 Å². The molecule has 0 saturated carbocycles. The van der Waals surface area contributed by atoms with Crippen LogP contribution in [0.1, 0.15) is 16.7 Å². The summed E-state index contributed by atoms with van der Waals surface area (Å²) in [6.07, 6.45) is 0.144. The van der Waals surface area contributed by atoms with E-state index in [4.69, 9.17) is 30.6 Å². The predicted molar refractivity (Wildman–Crippen MR) is 153 cm³/mol. The molecule has 0 bridgehead atoms. The Morgan fingerprint density at radius 1 is 0.975 bits per heavy atom. The fourth-order valence-corrected chi connectivity index (χ4v) is 5.37. The summed E-state index contributed by atoms with van der Waals surface area (Å²) >= 11 is 7.53. The zero-order chi connectivity index (χ0) is 28.6. The lowest BCUT2D eigenvalue weighted by molar-refractivity contribution is -0.158. The van der Waals surface area contributed by atoms with E-state index in [1.807, 2.05) is 36.4 Å². The minimum absolute atomic E-state index is 0.106. The molecule has 0 N–H and O–H groups in total. The number of fused-ring (bicyclic) bond motifs is 1. The largest absolute Gasteiger partial charge is 0.492 e. The minimum atomic E-state index is -1.04. The van der Waals surface area contributed by atoms with Gasteiger partial charge < -0.3 is 19.0 Å². The zero-order valence-electron chi connectivity index (χ0n) is 22.1. The van der Waals surface area contributed by atoms with Gasteiger partial charge in [0.05, 0.1) is 36.0 Å². The lowest BCUT2D eigenvalue weighted by Crippen LogP contribution is -2.28. The molecule has 11 heteroatoms. The Morgan fingerprint density at radius 2 is 1.68 bits per heavy atom. The highest BCUT2D eigenvalue weighted by Gasteiger charge is 2.28. The molecule has 0 aliphatic heterocycles. The average molecular weight is 583 g/mol. The number of halogens is 1. The Bertz CT molecular complexity index is 1580. The van der Waals surface area contributed by atoms with E-state index < -0.39 is 17.9 Å². The van der Waals surface area contributed by atoms with Crippen LogP contribution in [0.4, 0.5) is 0 Å². The third-order valence-electron chi connectivity index (χ3n) is 6.17. The lowest BCUT2D eigenvalue weighted by atomic mass is 9.99. The first-order valence-electron chi connectivity index (χ1n) is 12.2. The smallest absolute Gasteiger partial charge is 0.320 e. The van der Waals surface area contributed by atoms with Crippen molar-refractivity contribution in [2.75, 3.05) is 27.9 Å². The number of methoxy groups -OCH3 is 2. The maximum atomic E-state index is 12.8. The molecular formula is C29H27ClN2O7S. The van der Waals surface area contributed by atoms with Crippen LogP contribution in [0.3, 0.4) is 0 Å². The fraction of sp³-hybridized carbons (Fsp3) is 0.241. The standard InChI is InChI=1S/C29H27ClN2O7S/c1-36-27(33)22(28(34)37-2)16-18-8-11-20(12-9-18)39-15-14-32-24-13-10-19(17-25(24)40-29(32)35)26(31-38-3)21-6-4-5-7-23(21)30/h4-13,17,22H,14-16H2,1-3H3. The Balaban J connectivity index is 1.45. The summed E-state index contributed by atoms with van der Waals surface area (Å²) in [5, 5.41) is 4.72. The van der Waals surface area contributed by atoms with Crippen LogP contribution >= 0.6 is 22.9 Å². The van der Waals surface area contributed by atoms with E-state index >= 15 is 0 Å². The van der Waals surface area contributed by atoms with E-state index in [0.29, 0.717) is 23.0 Å². The van der Waals surface area contributed by atoms with Gasteiger partial charge in [-0.3, -0.25) is 19.0 Å². The molecule has 0 aliphatic rings. The van der Waals surface area contributed by atoms with Gasteiger partial charge in [-0.05, 0) is 42.3 Å². The second-order valence-electron chi connectivity index (χ2n) is 8.60. The third-order valence-corrected chi connectivity index (χ3v) is 7.44. The van der Waals surface area contributed by atoms with Crippen molar-refractivity contribution in [3.05, 3.63) is 98.1 Å². The predicted octanol–water partition coefficient (Wildman–Crippen LogP) is 4.70. The lowest BCUT2D eigenvalue weighted by Gasteiger charge is -2.13. The van der Waals surface area contributed by atoms with Gasteiger partial charge in [-0.15, -0.1) is 0 Å². The number of oxime groups is 1. The molecule has 0 aliphatic carbocycles. The number of carbonyl (C=O) groups is 2. The fourth-order valence-electron chi connectivity index (χ4n) is 4.19. The first-order valence-corrected chi connectivity index (χ1v) is 13.4. The number of nitrogens with zero attached hydrogens (tertiary/aromatic N) is 2. The maximum absolute atomic E-state index is 12.8. The molecule has 0 amide bonds. The summed E-state index contributed by atoms with van der Waals surface area (Å²) in [4.78, 5) is 41.6. The van der Waals surface area contributed by atoms with Crippen LogP contribution in [-0.4, -0.2) is 50.2 Å². The number of aromatic nitrogens is 1. The number of rotatable bonds is 11. The summed E-state index contributed by atoms with van der Waals surface area (Å²) in [6.45, 7) is 0.603. The van der Waals surface area contributed by atoms with Gasteiger partial charge in [-0.1, -0.05) is 64.5 Å². The first-order chi connectivity index (χ1) is 19.4. The molecule has 40 heavy (non-hydrogen) atoms. The summed E-state index contributed by atoms with van der Waals surface area (Å²) in [6, 6.07) is 20.0. The second kappa shape index (κ2) is 13.3. The van der Waals surface area contributed by atoms with E-state index in [-0.39, 0.29) is 17.9 Å². The van der Waals surface area contributed by atoms with Crippen molar-refractivity contribution in [2.24, 2.45) is 11.1 Å². The Kier molecular flexibility index (Phi) is 9.57. The highest BCUT2D eigenvalue weighted by atomic mass is 35.5. The van der Waals surface area contributed by atoms with Crippen LogP contribution in [0.15, 0.2) is 76.7 Å². The van der Waals surface area contributed by atoms with Gasteiger partial charge in [-0.25, -0.2) is 0 Å². The molecule has 0 unspecified atom stereocenters. The van der Waals surface area contributed by atoms with Crippen LogP contribution in [0.2, 0.25) is 5.02 Å². The number of benzene rings is 3. The Labute approximate surface area is 239 Å². The first kappa shape index (κ1) is 28.8. The van der Waals surface area contributed by atoms with Crippen molar-refractivity contribution in [1.82, 2.24) is 4.57 Å². The molecule has 208 valence electrons. The molecule has 0 atom stereocenters. The molecular weight excluding hydrogens is 556 g/mol. The van der Waals surface area contributed by atoms with Gasteiger partial charge >= 0.3 is 16.8 Å². The minimum Gasteiger partial charge on any atom is -0.492 e. The molecule has 9 nitrogen and oxygen atoms in total. The summed E-state index contributed by atoms with van der Waals surface area (Å²) in [5.74, 6) is -1.76. The van der Waals surface area contributed by atoms with Crippen molar-refractivity contribution >= 4 is 50.8 Å². The van der Waals surface area contributed by atoms with E-state index in [9.17, 15) is 14.4 Å². The highest BCUT2D eigenvalue weighted by molar-refractivity contribution is 7.16. The molecule has 4 aromatic rings. The Hall–Kier alpha value is -4.15. The number of esters is 2. The molecule has 0 saturated heterocycles. The van der Waals surface area contributed by atoms with Crippen LogP contribution in [-0.2, 0) is 36.9 Å². The van der Waals surface area contributed by atoms with E-state index in [1.54, 1.807) is 34.9 Å². The summed E-state index contributed by atoms with van der Waals surface area (Å²) < 4.78 is 17.7. The number of carbonyl (C=O) groups excluding carboxylic acids is 2. The summed E-state index contributed by atoms with van der Waals surface area (Å²) in [5.41, 5.74) is 3.60. The molecule has 4 rings (SSSR count). The molecule has 1 aromatic heterocycles. The summed E-state index contributed by atoms with van der Waals surface area (Å²) in [7, 11) is 3.92. The van der Waals surface area contributed by atoms with Crippen molar-refractivity contribution in [3.63, 3.8) is 0 Å². The molecule has 3 aromatic carbocycles. The van der Waals surface area contributed by atoms with E-state index in [0.717, 1.165) is 38.2 Å². The van der Waals surface area contributed by atoms with Crippen molar-refractivity contribution in [1.29, 1.82) is 0 Å². The maximum Gasteiger partial charge on any atom is 0.320 e. The number of ether oxygens (including phenoxy) is 3. The Morgan fingerprint density at radius 3 is 2.33 bits per heavy atom. The monoisotopic (exact) mass is 582 g/mol. The SMILES string of the molecule is CON=C(c1ccc2c(c1)sc(=O)n2CCOc1ccc(CC(C(=O)OC)C(=O)OC)cc1)c1ccccc1Cl. The van der Waals surface area contributed by atoms with Crippen molar-refractivity contribution in [2.45, 2.75) is 13.0 Å². The van der Waals surface area contributed by atoms with Crippen molar-refractivity contribution < 1.29 is 28.6 Å². The zero-order valence-corrected chi connectivity index (χ0v) is 23.7. The number of thiazole rings is 1. The topological polar surface area (TPSA) is 105 Å². The van der Waals surface area contributed by atoms with E-state index in [1.165, 1.54) is 21.3 Å². The van der Waals surface area contributed by atoms with Gasteiger partial charge in [0.1, 0.15) is 25.2 Å². The van der Waals surface area contributed by atoms with Crippen LogP contribution < -0.4 is 9.61 Å². The molecule has 1 heterocycles. The third kappa shape index (κ3) is 6.52. The van der Waals surface area contributed by atoms with Crippen molar-refractivity contribution in [3.8, 4) is 5.75 Å². The quantitative estimate of drug-likeness (QED) is 0.109. The van der Waals surface area contributed by atoms with Crippen LogP contribution in [0.25, 0.3) is 10.2 Å². The molecule has 0 spiro atoms. The highest BCUT2D eigenvalue weighted by Crippen LogP contribution is 2.25. The molecule has 0 radical (unpaired) electrons. The van der Waals surface area contributed by atoms with Gasteiger partial charge in [0.2, 0.25) is 0 Å². The molecule has 0 fully saturated rings.